The molecule has 0 aliphatic heterocycles. The van der Waals surface area contributed by atoms with Crippen molar-refractivity contribution in [2.24, 2.45) is 46.3 Å². The fraction of sp³-hybridized carbons (Fsp3) is 0.833. The molecule has 0 aromatic heterocycles. The molecule has 5 aliphatic rings. The van der Waals surface area contributed by atoms with E-state index in [2.05, 4.69) is 46.8 Å². The van der Waals surface area contributed by atoms with Crippen LogP contribution in [0.2, 0.25) is 0 Å². The Hall–Kier alpha value is -1.58. The van der Waals surface area contributed by atoms with E-state index in [0.717, 1.165) is 69.1 Å². The topological polar surface area (TPSA) is 52.6 Å². The van der Waals surface area contributed by atoms with Crippen LogP contribution in [0.5, 0.6) is 0 Å². The summed E-state index contributed by atoms with van der Waals surface area (Å²) in [6.45, 7) is 12.1. The number of carbonyl (C=O) groups excluding carboxylic acids is 2. The molecule has 3 unspecified atom stereocenters. The van der Waals surface area contributed by atoms with Crippen LogP contribution in [-0.4, -0.2) is 24.1 Å². The van der Waals surface area contributed by atoms with Crippen molar-refractivity contribution in [2.45, 2.75) is 143 Å². The maximum atomic E-state index is 13.9. The maximum Gasteiger partial charge on any atom is 0.508 e. The van der Waals surface area contributed by atoms with Gasteiger partial charge in [0.2, 0.25) is 0 Å². The molecular formula is C36H56O4. The van der Waals surface area contributed by atoms with Crippen molar-refractivity contribution in [3.05, 3.63) is 23.8 Å². The molecule has 4 nitrogen and oxygen atoms in total. The van der Waals surface area contributed by atoms with E-state index in [4.69, 9.17) is 9.47 Å². The molecule has 3 fully saturated rings. The zero-order valence-corrected chi connectivity index (χ0v) is 26.1. The zero-order chi connectivity index (χ0) is 28.5. The molecule has 0 heterocycles. The fourth-order valence-electron chi connectivity index (χ4n) is 10.0. The molecule has 224 valence electrons. The summed E-state index contributed by atoms with van der Waals surface area (Å²) >= 11 is 0. The predicted molar refractivity (Wildman–Crippen MR) is 161 cm³/mol. The van der Waals surface area contributed by atoms with Crippen LogP contribution in [0.15, 0.2) is 23.8 Å². The van der Waals surface area contributed by atoms with Crippen molar-refractivity contribution in [3.63, 3.8) is 0 Å². The highest BCUT2D eigenvalue weighted by Gasteiger charge is 2.61. The van der Waals surface area contributed by atoms with Gasteiger partial charge in [-0.1, -0.05) is 71.6 Å². The molecule has 4 heteroatoms. The second kappa shape index (κ2) is 12.3. The minimum atomic E-state index is -0.517. The van der Waals surface area contributed by atoms with Crippen molar-refractivity contribution in [3.8, 4) is 0 Å². The van der Waals surface area contributed by atoms with Gasteiger partial charge in [-0.25, -0.2) is 4.79 Å². The lowest BCUT2D eigenvalue weighted by Crippen LogP contribution is -2.54. The van der Waals surface area contributed by atoms with Gasteiger partial charge >= 0.3 is 6.16 Å². The number of allylic oxidation sites excluding steroid dienone is 3. The SMILES string of the molecule is CC(C)CCC[C@@H](C)[C@H]1CCC2[C@@H]3C(=O)C=C4C[C@@H](OC(=O)OC5CC/C=C/CCC5)CC[C@]4(C)C3CC[C@@]21C. The fourth-order valence-corrected chi connectivity index (χ4v) is 10.0. The molecule has 0 aromatic carbocycles. The number of ketones is 1. The Morgan fingerprint density at radius 1 is 0.900 bits per heavy atom. The predicted octanol–water partition coefficient (Wildman–Crippen LogP) is 9.62. The van der Waals surface area contributed by atoms with Crippen LogP contribution in [-0.2, 0) is 14.3 Å². The summed E-state index contributed by atoms with van der Waals surface area (Å²) in [5.41, 5.74) is 1.59. The molecule has 0 spiro atoms. The Morgan fingerprint density at radius 3 is 2.48 bits per heavy atom. The normalized spacial score (nSPS) is 41.0. The highest BCUT2D eigenvalue weighted by Crippen LogP contribution is 2.66. The third-order valence-electron chi connectivity index (χ3n) is 12.3. The highest BCUT2D eigenvalue weighted by molar-refractivity contribution is 5.94. The van der Waals surface area contributed by atoms with E-state index in [-0.39, 0.29) is 23.5 Å². The number of fused-ring (bicyclic) bond motifs is 5. The second-order valence-electron chi connectivity index (χ2n) is 15.2. The molecule has 0 amide bonds. The summed E-state index contributed by atoms with van der Waals surface area (Å²) in [6, 6.07) is 0. The van der Waals surface area contributed by atoms with Gasteiger partial charge in [-0.05, 0) is 117 Å². The minimum Gasteiger partial charge on any atom is -0.431 e. The summed E-state index contributed by atoms with van der Waals surface area (Å²) in [5.74, 6) is 3.78. The van der Waals surface area contributed by atoms with Gasteiger partial charge in [0.25, 0.3) is 0 Å². The molecule has 0 saturated heterocycles. The number of rotatable bonds is 7. The lowest BCUT2D eigenvalue weighted by Gasteiger charge is -2.57. The van der Waals surface area contributed by atoms with Gasteiger partial charge < -0.3 is 9.47 Å². The van der Waals surface area contributed by atoms with E-state index in [0.29, 0.717) is 29.5 Å². The maximum absolute atomic E-state index is 13.9. The third-order valence-corrected chi connectivity index (χ3v) is 12.3. The quantitative estimate of drug-likeness (QED) is 0.233. The summed E-state index contributed by atoms with van der Waals surface area (Å²) < 4.78 is 11.6. The lowest BCUT2D eigenvalue weighted by molar-refractivity contribution is -0.135. The van der Waals surface area contributed by atoms with Gasteiger partial charge in [-0.2, -0.15) is 0 Å². The molecule has 0 aromatic rings. The Labute approximate surface area is 244 Å². The first-order valence-electron chi connectivity index (χ1n) is 16.9. The monoisotopic (exact) mass is 552 g/mol. The van der Waals surface area contributed by atoms with E-state index in [9.17, 15) is 9.59 Å². The molecular weight excluding hydrogens is 496 g/mol. The molecule has 40 heavy (non-hydrogen) atoms. The van der Waals surface area contributed by atoms with Crippen molar-refractivity contribution >= 4 is 11.9 Å². The minimum absolute atomic E-state index is 0.0488. The van der Waals surface area contributed by atoms with E-state index in [1.807, 2.05) is 6.08 Å². The lowest BCUT2D eigenvalue weighted by atomic mass is 9.46. The van der Waals surface area contributed by atoms with Gasteiger partial charge in [-0.15, -0.1) is 0 Å². The first kappa shape index (κ1) is 29.9. The first-order valence-corrected chi connectivity index (χ1v) is 16.9. The Kier molecular flexibility index (Phi) is 9.22. The van der Waals surface area contributed by atoms with Crippen molar-refractivity contribution < 1.29 is 19.1 Å². The molecule has 3 saturated carbocycles. The number of ether oxygens (including phenoxy) is 2. The van der Waals surface area contributed by atoms with Crippen LogP contribution in [0.4, 0.5) is 4.79 Å². The van der Waals surface area contributed by atoms with E-state index in [1.54, 1.807) is 0 Å². The third kappa shape index (κ3) is 5.98. The molecule has 5 aliphatic carbocycles. The van der Waals surface area contributed by atoms with E-state index >= 15 is 0 Å². The summed E-state index contributed by atoms with van der Waals surface area (Å²) in [7, 11) is 0. The van der Waals surface area contributed by atoms with Crippen LogP contribution < -0.4 is 0 Å². The van der Waals surface area contributed by atoms with Gasteiger partial charge in [0.05, 0.1) is 0 Å². The molecule has 5 rings (SSSR count). The first-order chi connectivity index (χ1) is 19.1. The second-order valence-corrected chi connectivity index (χ2v) is 15.2. The molecule has 0 N–H and O–H groups in total. The number of hydrogen-bond acceptors (Lipinski definition) is 4. The van der Waals surface area contributed by atoms with Crippen LogP contribution in [0, 0.1) is 46.3 Å². The summed E-state index contributed by atoms with van der Waals surface area (Å²) in [6.07, 6.45) is 22.0. The van der Waals surface area contributed by atoms with Crippen LogP contribution in [0.25, 0.3) is 0 Å². The van der Waals surface area contributed by atoms with Crippen LogP contribution in [0.3, 0.4) is 0 Å². The highest BCUT2D eigenvalue weighted by atomic mass is 16.7. The van der Waals surface area contributed by atoms with Gasteiger partial charge in [0, 0.05) is 12.3 Å². The van der Waals surface area contributed by atoms with Gasteiger partial charge in [0.1, 0.15) is 12.2 Å². The number of carbonyl (C=O) groups is 2. The smallest absolute Gasteiger partial charge is 0.431 e. The molecule has 0 radical (unpaired) electrons. The van der Waals surface area contributed by atoms with E-state index in [1.165, 1.54) is 44.1 Å². The summed E-state index contributed by atoms with van der Waals surface area (Å²) in [4.78, 5) is 26.6. The largest absolute Gasteiger partial charge is 0.508 e. The van der Waals surface area contributed by atoms with Crippen molar-refractivity contribution in [1.29, 1.82) is 0 Å². The average molecular weight is 553 g/mol. The Balaban J connectivity index is 1.22. The zero-order valence-electron chi connectivity index (χ0n) is 26.1. The molecule has 9 atom stereocenters. The van der Waals surface area contributed by atoms with Crippen molar-refractivity contribution in [1.82, 2.24) is 0 Å². The van der Waals surface area contributed by atoms with Gasteiger partial charge in [-0.3, -0.25) is 4.79 Å². The van der Waals surface area contributed by atoms with Crippen LogP contribution in [0.1, 0.15) is 131 Å². The average Bonchev–Trinajstić information content (AvgIpc) is 3.23. The Morgan fingerprint density at radius 2 is 1.68 bits per heavy atom. The number of hydrogen-bond donors (Lipinski definition) is 0. The van der Waals surface area contributed by atoms with Crippen LogP contribution >= 0.6 is 0 Å². The summed E-state index contributed by atoms with van der Waals surface area (Å²) in [5, 5.41) is 0. The van der Waals surface area contributed by atoms with Crippen molar-refractivity contribution in [2.75, 3.05) is 0 Å². The molecule has 0 bridgehead atoms. The standard InChI is InChI=1S/C36H56O4/c1-24(2)12-11-13-25(3)29-16-17-30-33-31(19-21-36(29,30)5)35(4)20-18-28(22-26(35)23-32(33)37)40-34(38)39-27-14-9-7-6-8-10-15-27/h6-7,23-25,27-31,33H,8-22H2,1-5H3/b7-6+/t25-,27?,28+,29-,30?,31?,33+,35+,36-/m1/s1. The van der Waals surface area contributed by atoms with Gasteiger partial charge in [0.15, 0.2) is 5.78 Å². The van der Waals surface area contributed by atoms with E-state index < -0.39 is 6.16 Å². The Bertz CT molecular complexity index is 979.